The van der Waals surface area contributed by atoms with Crippen molar-refractivity contribution in [1.29, 1.82) is 0 Å². The second-order valence-electron chi connectivity index (χ2n) is 7.03. The summed E-state index contributed by atoms with van der Waals surface area (Å²) < 4.78 is 10.7. The van der Waals surface area contributed by atoms with E-state index in [9.17, 15) is 9.59 Å². The van der Waals surface area contributed by atoms with Crippen molar-refractivity contribution in [2.75, 3.05) is 0 Å². The van der Waals surface area contributed by atoms with Crippen LogP contribution in [0.4, 0.5) is 0 Å². The molecule has 0 spiro atoms. The topological polar surface area (TPSA) is 52.6 Å². The molecule has 4 nitrogen and oxygen atoms in total. The van der Waals surface area contributed by atoms with Crippen LogP contribution in [0.25, 0.3) is 0 Å². The molecule has 1 aromatic carbocycles. The van der Waals surface area contributed by atoms with Gasteiger partial charge >= 0.3 is 11.9 Å². The molecule has 0 fully saturated rings. The first-order valence-corrected chi connectivity index (χ1v) is 9.90. The van der Waals surface area contributed by atoms with Crippen LogP contribution in [0.1, 0.15) is 82.8 Å². The Morgan fingerprint density at radius 3 is 2.35 bits per heavy atom. The van der Waals surface area contributed by atoms with Crippen LogP contribution in [0.5, 0.6) is 5.75 Å². The second-order valence-corrected chi connectivity index (χ2v) is 7.03. The van der Waals surface area contributed by atoms with Gasteiger partial charge in [0.25, 0.3) is 0 Å². The number of aryl methyl sites for hydroxylation is 1. The summed E-state index contributed by atoms with van der Waals surface area (Å²) in [6.07, 6.45) is 8.22. The standard InChI is InChI=1S/C22H34O4/c1-5-6-7-8-9-10-13-18(3)25-21(23)15-16-22(24)26-20-14-11-12-17(2)19(20)4/h11-12,14,18H,5-10,13,15-16H2,1-4H3. The number of ether oxygens (including phenoxy) is 2. The summed E-state index contributed by atoms with van der Waals surface area (Å²) in [7, 11) is 0. The zero-order valence-corrected chi connectivity index (χ0v) is 16.8. The number of carbonyl (C=O) groups is 2. The van der Waals surface area contributed by atoms with E-state index in [1.165, 1.54) is 32.1 Å². The van der Waals surface area contributed by atoms with Crippen LogP contribution >= 0.6 is 0 Å². The van der Waals surface area contributed by atoms with Gasteiger partial charge in [-0.25, -0.2) is 0 Å². The van der Waals surface area contributed by atoms with E-state index in [2.05, 4.69) is 6.92 Å². The fraction of sp³-hybridized carbons (Fsp3) is 0.636. The highest BCUT2D eigenvalue weighted by Crippen LogP contribution is 2.21. The Hall–Kier alpha value is -1.84. The molecule has 4 heteroatoms. The maximum atomic E-state index is 11.9. The molecule has 0 aliphatic carbocycles. The van der Waals surface area contributed by atoms with Gasteiger partial charge in [-0.05, 0) is 50.8 Å². The summed E-state index contributed by atoms with van der Waals surface area (Å²) in [5.74, 6) is -0.180. The smallest absolute Gasteiger partial charge is 0.311 e. The van der Waals surface area contributed by atoms with E-state index in [0.29, 0.717) is 5.75 Å². The molecule has 0 saturated heterocycles. The summed E-state index contributed by atoms with van der Waals surface area (Å²) in [5, 5.41) is 0. The van der Waals surface area contributed by atoms with Gasteiger partial charge in [-0.1, -0.05) is 51.2 Å². The van der Waals surface area contributed by atoms with E-state index >= 15 is 0 Å². The highest BCUT2D eigenvalue weighted by molar-refractivity contribution is 5.79. The Labute approximate surface area is 158 Å². The molecule has 0 aromatic heterocycles. The third-order valence-corrected chi connectivity index (χ3v) is 4.61. The van der Waals surface area contributed by atoms with Crippen LogP contribution in [0.2, 0.25) is 0 Å². The number of rotatable bonds is 12. The average molecular weight is 363 g/mol. The lowest BCUT2D eigenvalue weighted by molar-refractivity contribution is -0.151. The summed E-state index contributed by atoms with van der Waals surface area (Å²) in [4.78, 5) is 23.8. The Bertz CT molecular complexity index is 565. The van der Waals surface area contributed by atoms with E-state index in [4.69, 9.17) is 9.47 Å². The minimum atomic E-state index is -0.403. The normalized spacial score (nSPS) is 11.8. The maximum absolute atomic E-state index is 11.9. The largest absolute Gasteiger partial charge is 0.463 e. The number of hydrogen-bond acceptors (Lipinski definition) is 4. The molecule has 0 radical (unpaired) electrons. The first-order valence-electron chi connectivity index (χ1n) is 9.90. The highest BCUT2D eigenvalue weighted by Gasteiger charge is 2.14. The molecule has 0 amide bonds. The molecule has 1 aromatic rings. The van der Waals surface area contributed by atoms with Crippen molar-refractivity contribution in [3.05, 3.63) is 29.3 Å². The number of benzene rings is 1. The predicted octanol–water partition coefficient (Wildman–Crippen LogP) is 5.67. The van der Waals surface area contributed by atoms with E-state index in [1.54, 1.807) is 6.07 Å². The quantitative estimate of drug-likeness (QED) is 0.273. The predicted molar refractivity (Wildman–Crippen MR) is 104 cm³/mol. The number of carbonyl (C=O) groups excluding carboxylic acids is 2. The molecule has 0 aliphatic rings. The Morgan fingerprint density at radius 1 is 0.962 bits per heavy atom. The SMILES string of the molecule is CCCCCCCCC(C)OC(=O)CCC(=O)Oc1cccc(C)c1C. The average Bonchev–Trinajstić information content (AvgIpc) is 2.60. The Balaban J connectivity index is 2.20. The summed E-state index contributed by atoms with van der Waals surface area (Å²) in [6.45, 7) is 8.00. The zero-order valence-electron chi connectivity index (χ0n) is 16.8. The van der Waals surface area contributed by atoms with Crippen LogP contribution in [-0.4, -0.2) is 18.0 Å². The number of hydrogen-bond donors (Lipinski definition) is 0. The first kappa shape index (κ1) is 22.2. The van der Waals surface area contributed by atoms with Crippen LogP contribution < -0.4 is 4.74 Å². The molecular weight excluding hydrogens is 328 g/mol. The summed E-state index contributed by atoms with van der Waals surface area (Å²) in [5.41, 5.74) is 2.01. The molecule has 0 heterocycles. The van der Waals surface area contributed by atoms with E-state index in [-0.39, 0.29) is 24.9 Å². The second kappa shape index (κ2) is 12.5. The van der Waals surface area contributed by atoms with Crippen molar-refractivity contribution < 1.29 is 19.1 Å². The van der Waals surface area contributed by atoms with Gasteiger partial charge in [-0.3, -0.25) is 9.59 Å². The van der Waals surface area contributed by atoms with E-state index in [0.717, 1.165) is 24.0 Å². The number of unbranched alkanes of at least 4 members (excludes halogenated alkanes) is 5. The van der Waals surface area contributed by atoms with Gasteiger partial charge < -0.3 is 9.47 Å². The van der Waals surface area contributed by atoms with Gasteiger partial charge in [0, 0.05) is 0 Å². The molecule has 0 aliphatic heterocycles. The van der Waals surface area contributed by atoms with Crippen LogP contribution in [0.15, 0.2) is 18.2 Å². The van der Waals surface area contributed by atoms with Gasteiger partial charge in [0.2, 0.25) is 0 Å². The highest BCUT2D eigenvalue weighted by atomic mass is 16.5. The molecule has 1 atom stereocenters. The van der Waals surface area contributed by atoms with E-state index in [1.807, 2.05) is 32.9 Å². The lowest BCUT2D eigenvalue weighted by atomic mass is 10.1. The van der Waals surface area contributed by atoms with Crippen molar-refractivity contribution in [2.24, 2.45) is 0 Å². The molecular formula is C22H34O4. The fourth-order valence-corrected chi connectivity index (χ4v) is 2.77. The molecule has 0 N–H and O–H groups in total. The van der Waals surface area contributed by atoms with Crippen molar-refractivity contribution in [3.8, 4) is 5.75 Å². The molecule has 26 heavy (non-hydrogen) atoms. The Morgan fingerprint density at radius 2 is 1.62 bits per heavy atom. The maximum Gasteiger partial charge on any atom is 0.311 e. The third-order valence-electron chi connectivity index (χ3n) is 4.61. The lowest BCUT2D eigenvalue weighted by Crippen LogP contribution is -2.17. The molecule has 0 bridgehead atoms. The van der Waals surface area contributed by atoms with Gasteiger partial charge in [-0.2, -0.15) is 0 Å². The monoisotopic (exact) mass is 362 g/mol. The molecule has 146 valence electrons. The van der Waals surface area contributed by atoms with Crippen LogP contribution in [0, 0.1) is 13.8 Å². The van der Waals surface area contributed by atoms with Crippen LogP contribution in [0.3, 0.4) is 0 Å². The Kier molecular flexibility index (Phi) is 10.7. The van der Waals surface area contributed by atoms with Crippen molar-refractivity contribution in [3.63, 3.8) is 0 Å². The number of esters is 2. The summed E-state index contributed by atoms with van der Waals surface area (Å²) >= 11 is 0. The fourth-order valence-electron chi connectivity index (χ4n) is 2.77. The van der Waals surface area contributed by atoms with Gasteiger partial charge in [0.1, 0.15) is 5.75 Å². The van der Waals surface area contributed by atoms with Gasteiger partial charge in [-0.15, -0.1) is 0 Å². The van der Waals surface area contributed by atoms with Crippen molar-refractivity contribution >= 4 is 11.9 Å². The van der Waals surface area contributed by atoms with Crippen LogP contribution in [-0.2, 0) is 14.3 Å². The first-order chi connectivity index (χ1) is 12.4. The zero-order chi connectivity index (χ0) is 19.4. The van der Waals surface area contributed by atoms with Crippen molar-refractivity contribution in [1.82, 2.24) is 0 Å². The molecule has 1 unspecified atom stereocenters. The lowest BCUT2D eigenvalue weighted by Gasteiger charge is -2.13. The molecule has 1 rings (SSSR count). The van der Waals surface area contributed by atoms with Gasteiger partial charge in [0.05, 0.1) is 18.9 Å². The summed E-state index contributed by atoms with van der Waals surface area (Å²) in [6, 6.07) is 5.58. The van der Waals surface area contributed by atoms with Crippen molar-refractivity contribution in [2.45, 2.75) is 91.6 Å². The molecule has 0 saturated carbocycles. The van der Waals surface area contributed by atoms with E-state index < -0.39 is 5.97 Å². The third kappa shape index (κ3) is 9.02. The minimum absolute atomic E-state index is 0.0377. The van der Waals surface area contributed by atoms with Gasteiger partial charge in [0.15, 0.2) is 0 Å². The minimum Gasteiger partial charge on any atom is -0.463 e.